The molecule has 0 aliphatic carbocycles. The van der Waals surface area contributed by atoms with Gasteiger partial charge < -0.3 is 0 Å². The van der Waals surface area contributed by atoms with Crippen LogP contribution in [0.25, 0.3) is 0 Å². The number of nitrogens with zero attached hydrogens (tertiary/aromatic N) is 1. The first-order valence-corrected chi connectivity index (χ1v) is 7.02. The van der Waals surface area contributed by atoms with Gasteiger partial charge in [-0.3, -0.25) is 9.80 Å². The van der Waals surface area contributed by atoms with Crippen LogP contribution < -0.4 is 5.43 Å². The molecule has 0 bridgehead atoms. The van der Waals surface area contributed by atoms with E-state index in [1.807, 2.05) is 52.0 Å². The van der Waals surface area contributed by atoms with Gasteiger partial charge in [-0.25, -0.2) is 5.43 Å². The van der Waals surface area contributed by atoms with Crippen molar-refractivity contribution in [1.29, 1.82) is 0 Å². The van der Waals surface area contributed by atoms with Gasteiger partial charge in [0.1, 0.15) is 0 Å². The highest BCUT2D eigenvalue weighted by Crippen LogP contribution is 2.16. The van der Waals surface area contributed by atoms with Gasteiger partial charge in [0.2, 0.25) is 0 Å². The first-order chi connectivity index (χ1) is 8.82. The zero-order chi connectivity index (χ0) is 14.6. The zero-order valence-corrected chi connectivity index (χ0v) is 12.9. The van der Waals surface area contributed by atoms with Crippen molar-refractivity contribution in [3.63, 3.8) is 0 Å². The number of amides is 1. The predicted molar refractivity (Wildman–Crippen MR) is 80.1 cm³/mol. The van der Waals surface area contributed by atoms with E-state index < -0.39 is 0 Å². The van der Waals surface area contributed by atoms with E-state index in [0.29, 0.717) is 5.92 Å². The summed E-state index contributed by atoms with van der Waals surface area (Å²) in [5, 5.41) is 1.70. The average molecular weight is 262 g/mol. The molecule has 19 heavy (non-hydrogen) atoms. The molecule has 0 spiro atoms. The largest absolute Gasteiger partial charge is 0.271 e. The van der Waals surface area contributed by atoms with E-state index in [1.165, 1.54) is 5.56 Å². The van der Waals surface area contributed by atoms with Crippen LogP contribution in [0.15, 0.2) is 24.3 Å². The van der Waals surface area contributed by atoms with E-state index in [-0.39, 0.29) is 18.0 Å². The van der Waals surface area contributed by atoms with Crippen LogP contribution in [0, 0.1) is 0 Å². The first-order valence-electron chi connectivity index (χ1n) is 7.02. The Labute approximate surface area is 117 Å². The molecule has 1 aromatic carbocycles. The molecular formula is C16H26N2O. The van der Waals surface area contributed by atoms with Crippen molar-refractivity contribution >= 4 is 5.91 Å². The second-order valence-corrected chi connectivity index (χ2v) is 5.83. The van der Waals surface area contributed by atoms with Gasteiger partial charge in [0.25, 0.3) is 5.91 Å². The minimum absolute atomic E-state index is 0.0269. The molecule has 3 nitrogen and oxygen atoms in total. The molecule has 106 valence electrons. The predicted octanol–water partition coefficient (Wildman–Crippen LogP) is 3.57. The summed E-state index contributed by atoms with van der Waals surface area (Å²) in [6.45, 7) is 12.4. The molecule has 0 saturated carbocycles. The van der Waals surface area contributed by atoms with Gasteiger partial charge in [-0.1, -0.05) is 26.0 Å². The third-order valence-corrected chi connectivity index (χ3v) is 2.96. The van der Waals surface area contributed by atoms with Gasteiger partial charge in [0.15, 0.2) is 0 Å². The van der Waals surface area contributed by atoms with Gasteiger partial charge in [-0.05, 0) is 51.3 Å². The number of carbonyl (C=O) groups is 1. The molecular weight excluding hydrogens is 236 g/mol. The summed E-state index contributed by atoms with van der Waals surface area (Å²) >= 11 is 0. The van der Waals surface area contributed by atoms with Crippen molar-refractivity contribution in [2.75, 3.05) is 0 Å². The van der Waals surface area contributed by atoms with Gasteiger partial charge in [0.05, 0.1) is 0 Å². The maximum Gasteiger partial charge on any atom is 0.268 e. The smallest absolute Gasteiger partial charge is 0.268 e. The number of carbonyl (C=O) groups excluding carboxylic acids is 1. The Balaban J connectivity index is 2.90. The van der Waals surface area contributed by atoms with E-state index in [1.54, 1.807) is 5.01 Å². The number of nitrogens with one attached hydrogen (secondary N) is 1. The minimum atomic E-state index is 0.0269. The maximum atomic E-state index is 12.5. The lowest BCUT2D eigenvalue weighted by Crippen LogP contribution is -2.50. The molecule has 1 N–H and O–H groups in total. The highest BCUT2D eigenvalue weighted by atomic mass is 16.2. The van der Waals surface area contributed by atoms with Crippen LogP contribution in [0.2, 0.25) is 0 Å². The molecule has 0 aromatic heterocycles. The Morgan fingerprint density at radius 2 is 1.53 bits per heavy atom. The highest BCUT2D eigenvalue weighted by molar-refractivity contribution is 5.94. The lowest BCUT2D eigenvalue weighted by atomic mass is 10.0. The fourth-order valence-corrected chi connectivity index (χ4v) is 1.87. The molecule has 1 rings (SSSR count). The summed E-state index contributed by atoms with van der Waals surface area (Å²) < 4.78 is 0. The third-order valence-electron chi connectivity index (χ3n) is 2.96. The molecule has 0 aliphatic rings. The molecule has 3 heteroatoms. The Morgan fingerprint density at radius 1 is 1.00 bits per heavy atom. The van der Waals surface area contributed by atoms with Gasteiger partial charge in [-0.2, -0.15) is 0 Å². The SMILES string of the molecule is CC(C)NN(C(=O)c1ccc(C(C)C)cc1)C(C)C. The van der Waals surface area contributed by atoms with Crippen molar-refractivity contribution in [2.45, 2.75) is 59.5 Å². The number of hydrogen-bond acceptors (Lipinski definition) is 2. The van der Waals surface area contributed by atoms with Gasteiger partial charge >= 0.3 is 0 Å². The number of benzene rings is 1. The standard InChI is InChI=1S/C16H26N2O/c1-11(2)14-7-9-15(10-8-14)16(19)18(13(5)6)17-12(3)4/h7-13,17H,1-6H3. The quantitative estimate of drug-likeness (QED) is 0.823. The van der Waals surface area contributed by atoms with Crippen LogP contribution in [0.4, 0.5) is 0 Å². The number of hydrogen-bond donors (Lipinski definition) is 1. The van der Waals surface area contributed by atoms with Crippen LogP contribution in [-0.4, -0.2) is 23.0 Å². The molecule has 0 aliphatic heterocycles. The summed E-state index contributed by atoms with van der Waals surface area (Å²) in [4.78, 5) is 12.5. The van der Waals surface area contributed by atoms with Gasteiger partial charge in [0, 0.05) is 17.6 Å². The third kappa shape index (κ3) is 4.35. The second-order valence-electron chi connectivity index (χ2n) is 5.83. The van der Waals surface area contributed by atoms with Crippen molar-refractivity contribution in [2.24, 2.45) is 0 Å². The Kier molecular flexibility index (Phi) is 5.55. The van der Waals surface area contributed by atoms with Crippen molar-refractivity contribution < 1.29 is 4.79 Å². The van der Waals surface area contributed by atoms with Crippen molar-refractivity contribution in [1.82, 2.24) is 10.4 Å². The van der Waals surface area contributed by atoms with Crippen molar-refractivity contribution in [3.05, 3.63) is 35.4 Å². The zero-order valence-electron chi connectivity index (χ0n) is 12.9. The molecule has 0 radical (unpaired) electrons. The monoisotopic (exact) mass is 262 g/mol. The summed E-state index contributed by atoms with van der Waals surface area (Å²) in [7, 11) is 0. The molecule has 0 atom stereocenters. The molecule has 1 amide bonds. The molecule has 0 heterocycles. The normalized spacial score (nSPS) is 11.4. The topological polar surface area (TPSA) is 32.3 Å². The van der Waals surface area contributed by atoms with E-state index in [0.717, 1.165) is 5.56 Å². The van der Waals surface area contributed by atoms with Crippen LogP contribution in [-0.2, 0) is 0 Å². The van der Waals surface area contributed by atoms with Crippen molar-refractivity contribution in [3.8, 4) is 0 Å². The Morgan fingerprint density at radius 3 is 1.89 bits per heavy atom. The molecule has 0 fully saturated rings. The fourth-order valence-electron chi connectivity index (χ4n) is 1.87. The van der Waals surface area contributed by atoms with Crippen LogP contribution >= 0.6 is 0 Å². The number of rotatable bonds is 5. The molecule has 0 unspecified atom stereocenters. The van der Waals surface area contributed by atoms with Crippen LogP contribution in [0.3, 0.4) is 0 Å². The second kappa shape index (κ2) is 6.71. The first kappa shape index (κ1) is 15.7. The minimum Gasteiger partial charge on any atom is -0.271 e. The Bertz CT molecular complexity index is 407. The summed E-state index contributed by atoms with van der Waals surface area (Å²) in [5.41, 5.74) is 5.18. The van der Waals surface area contributed by atoms with Crippen LogP contribution in [0.5, 0.6) is 0 Å². The fraction of sp³-hybridized carbons (Fsp3) is 0.562. The van der Waals surface area contributed by atoms with E-state index in [9.17, 15) is 4.79 Å². The lowest BCUT2D eigenvalue weighted by molar-refractivity contribution is 0.0550. The summed E-state index contributed by atoms with van der Waals surface area (Å²) in [6.07, 6.45) is 0. The summed E-state index contributed by atoms with van der Waals surface area (Å²) in [5.74, 6) is 0.512. The molecule has 0 saturated heterocycles. The number of hydrazine groups is 1. The maximum absolute atomic E-state index is 12.5. The lowest BCUT2D eigenvalue weighted by Gasteiger charge is -2.29. The Hall–Kier alpha value is -1.35. The molecule has 1 aromatic rings. The average Bonchev–Trinajstić information content (AvgIpc) is 2.34. The van der Waals surface area contributed by atoms with Gasteiger partial charge in [-0.15, -0.1) is 0 Å². The van der Waals surface area contributed by atoms with E-state index in [4.69, 9.17) is 0 Å². The summed E-state index contributed by atoms with van der Waals surface area (Å²) in [6, 6.07) is 8.25. The van der Waals surface area contributed by atoms with Crippen LogP contribution in [0.1, 0.15) is 63.4 Å². The van der Waals surface area contributed by atoms with E-state index in [2.05, 4.69) is 19.3 Å². The van der Waals surface area contributed by atoms with E-state index >= 15 is 0 Å². The highest BCUT2D eigenvalue weighted by Gasteiger charge is 2.19.